The molecule has 1 nitrogen and oxygen atoms in total. The van der Waals surface area contributed by atoms with Crippen LogP contribution in [0.3, 0.4) is 0 Å². The molecule has 1 rings (SSSR count). The van der Waals surface area contributed by atoms with E-state index in [4.69, 9.17) is 0 Å². The molecular formula is C15H23N. The highest BCUT2D eigenvalue weighted by molar-refractivity contribution is 5.64. The minimum atomic E-state index is 0.630. The van der Waals surface area contributed by atoms with Gasteiger partial charge in [-0.3, -0.25) is 0 Å². The molecule has 1 aromatic carbocycles. The predicted molar refractivity (Wildman–Crippen MR) is 72.5 cm³/mol. The number of nitrogens with one attached hydrogen (secondary N) is 1. The van der Waals surface area contributed by atoms with Gasteiger partial charge >= 0.3 is 0 Å². The average molecular weight is 217 g/mol. The Hall–Kier alpha value is -1.08. The van der Waals surface area contributed by atoms with Crippen LogP contribution in [0.5, 0.6) is 0 Å². The van der Waals surface area contributed by atoms with E-state index in [1.165, 1.54) is 30.4 Å². The van der Waals surface area contributed by atoms with E-state index in [0.717, 1.165) is 6.54 Å². The van der Waals surface area contributed by atoms with Crippen molar-refractivity contribution >= 4 is 5.57 Å². The normalized spacial score (nSPS) is 12.4. The van der Waals surface area contributed by atoms with E-state index in [2.05, 4.69) is 50.0 Å². The van der Waals surface area contributed by atoms with Crippen molar-refractivity contribution in [2.45, 2.75) is 39.2 Å². The van der Waals surface area contributed by atoms with Gasteiger partial charge in [0.1, 0.15) is 0 Å². The first-order valence-corrected chi connectivity index (χ1v) is 6.24. The molecule has 1 atom stereocenters. The Morgan fingerprint density at radius 2 is 1.94 bits per heavy atom. The third-order valence-electron chi connectivity index (χ3n) is 2.92. The summed E-state index contributed by atoms with van der Waals surface area (Å²) >= 11 is 0. The van der Waals surface area contributed by atoms with Crippen LogP contribution in [-0.4, -0.2) is 12.6 Å². The maximum absolute atomic E-state index is 4.13. The molecule has 0 amide bonds. The first-order valence-electron chi connectivity index (χ1n) is 6.24. The first-order chi connectivity index (χ1) is 7.77. The summed E-state index contributed by atoms with van der Waals surface area (Å²) in [6.45, 7) is 9.49. The largest absolute Gasteiger partial charge is 0.310 e. The molecular weight excluding hydrogens is 194 g/mol. The lowest BCUT2D eigenvalue weighted by atomic mass is 10.1. The average Bonchev–Trinajstić information content (AvgIpc) is 2.35. The van der Waals surface area contributed by atoms with E-state index in [-0.39, 0.29) is 0 Å². The van der Waals surface area contributed by atoms with Gasteiger partial charge < -0.3 is 5.32 Å². The van der Waals surface area contributed by atoms with Crippen molar-refractivity contribution in [3.8, 4) is 0 Å². The molecule has 1 heteroatoms. The smallest absolute Gasteiger partial charge is 0.0208 e. The molecule has 0 spiro atoms. The fourth-order valence-electron chi connectivity index (χ4n) is 1.84. The lowest BCUT2D eigenvalue weighted by molar-refractivity contribution is 0.488. The molecule has 0 aliphatic heterocycles. The molecule has 0 saturated carbocycles. The summed E-state index contributed by atoms with van der Waals surface area (Å²) in [7, 11) is 0. The van der Waals surface area contributed by atoms with Crippen molar-refractivity contribution in [1.82, 2.24) is 5.32 Å². The van der Waals surface area contributed by atoms with Crippen LogP contribution in [0.25, 0.3) is 5.57 Å². The Labute approximate surface area is 99.6 Å². The second-order valence-corrected chi connectivity index (χ2v) is 4.24. The molecule has 0 fully saturated rings. The fraction of sp³-hybridized carbons (Fsp3) is 0.467. The third kappa shape index (κ3) is 4.19. The number of hydrogen-bond donors (Lipinski definition) is 1. The van der Waals surface area contributed by atoms with Crippen LogP contribution in [0.1, 0.15) is 38.7 Å². The molecule has 16 heavy (non-hydrogen) atoms. The molecule has 88 valence electrons. The molecule has 0 heterocycles. The lowest BCUT2D eigenvalue weighted by Crippen LogP contribution is -2.29. The van der Waals surface area contributed by atoms with Gasteiger partial charge in [0, 0.05) is 12.6 Å². The topological polar surface area (TPSA) is 12.0 Å². The minimum Gasteiger partial charge on any atom is -0.310 e. The van der Waals surface area contributed by atoms with Crippen molar-refractivity contribution in [2.75, 3.05) is 6.54 Å². The van der Waals surface area contributed by atoms with E-state index >= 15 is 0 Å². The Kier molecular flexibility index (Phi) is 5.87. The summed E-state index contributed by atoms with van der Waals surface area (Å²) in [5.74, 6) is 0. The van der Waals surface area contributed by atoms with Crippen molar-refractivity contribution in [3.63, 3.8) is 0 Å². The Morgan fingerprint density at radius 3 is 2.50 bits per heavy atom. The summed E-state index contributed by atoms with van der Waals surface area (Å²) in [6.07, 6.45) is 3.68. The van der Waals surface area contributed by atoms with Gasteiger partial charge in [-0.05, 0) is 24.0 Å². The van der Waals surface area contributed by atoms with E-state index in [9.17, 15) is 0 Å². The zero-order valence-electron chi connectivity index (χ0n) is 10.5. The van der Waals surface area contributed by atoms with Gasteiger partial charge in [-0.1, -0.05) is 57.2 Å². The predicted octanol–water partition coefficient (Wildman–Crippen LogP) is 3.87. The Bertz CT molecular complexity index is 302. The number of hydrogen-bond acceptors (Lipinski definition) is 1. The van der Waals surface area contributed by atoms with E-state index in [1.807, 2.05) is 6.07 Å². The summed E-state index contributed by atoms with van der Waals surface area (Å²) in [6, 6.07) is 11.0. The van der Waals surface area contributed by atoms with Crippen molar-refractivity contribution in [3.05, 3.63) is 42.5 Å². The lowest BCUT2D eigenvalue weighted by Gasteiger charge is -2.17. The molecule has 0 aromatic heterocycles. The van der Waals surface area contributed by atoms with Crippen LogP contribution >= 0.6 is 0 Å². The van der Waals surface area contributed by atoms with Crippen LogP contribution in [0.4, 0.5) is 0 Å². The zero-order valence-corrected chi connectivity index (χ0v) is 10.5. The van der Waals surface area contributed by atoms with Crippen LogP contribution in [0.2, 0.25) is 0 Å². The molecule has 1 N–H and O–H groups in total. The van der Waals surface area contributed by atoms with Crippen LogP contribution in [0.15, 0.2) is 36.9 Å². The van der Waals surface area contributed by atoms with Crippen LogP contribution < -0.4 is 5.32 Å². The highest BCUT2D eigenvalue weighted by atomic mass is 14.9. The van der Waals surface area contributed by atoms with Gasteiger partial charge in [0.05, 0.1) is 0 Å². The monoisotopic (exact) mass is 217 g/mol. The molecule has 0 radical (unpaired) electrons. The number of rotatable bonds is 7. The molecule has 0 saturated heterocycles. The van der Waals surface area contributed by atoms with Gasteiger partial charge in [0.2, 0.25) is 0 Å². The van der Waals surface area contributed by atoms with Gasteiger partial charge in [-0.25, -0.2) is 0 Å². The summed E-state index contributed by atoms with van der Waals surface area (Å²) in [5, 5.41) is 3.57. The van der Waals surface area contributed by atoms with Gasteiger partial charge in [-0.2, -0.15) is 0 Å². The van der Waals surface area contributed by atoms with E-state index in [0.29, 0.717) is 6.04 Å². The summed E-state index contributed by atoms with van der Waals surface area (Å²) < 4.78 is 0. The zero-order chi connectivity index (χ0) is 11.8. The van der Waals surface area contributed by atoms with E-state index < -0.39 is 0 Å². The Balaban J connectivity index is 2.40. The fourth-order valence-corrected chi connectivity index (χ4v) is 1.84. The highest BCUT2D eigenvalue weighted by Crippen LogP contribution is 2.11. The second-order valence-electron chi connectivity index (χ2n) is 4.24. The van der Waals surface area contributed by atoms with Crippen LogP contribution in [0, 0.1) is 0 Å². The van der Waals surface area contributed by atoms with Gasteiger partial charge in [0.25, 0.3) is 0 Å². The summed E-state index contributed by atoms with van der Waals surface area (Å²) in [5.41, 5.74) is 2.41. The van der Waals surface area contributed by atoms with E-state index in [1.54, 1.807) is 0 Å². The van der Waals surface area contributed by atoms with Gasteiger partial charge in [-0.15, -0.1) is 0 Å². The summed E-state index contributed by atoms with van der Waals surface area (Å²) in [4.78, 5) is 0. The third-order valence-corrected chi connectivity index (χ3v) is 2.92. The minimum absolute atomic E-state index is 0.630. The number of benzene rings is 1. The first kappa shape index (κ1) is 13.0. The van der Waals surface area contributed by atoms with Crippen LogP contribution in [-0.2, 0) is 0 Å². The standard InChI is InChI=1S/C15H23N/c1-4-9-15(5-2)16-12-13(3)14-10-7-6-8-11-14/h6-8,10-11,15-16H,3-5,9,12H2,1-2H3. The molecule has 1 aromatic rings. The second kappa shape index (κ2) is 7.24. The SMILES string of the molecule is C=C(CNC(CC)CCC)c1ccccc1. The maximum atomic E-state index is 4.13. The highest BCUT2D eigenvalue weighted by Gasteiger charge is 2.05. The maximum Gasteiger partial charge on any atom is 0.0208 e. The molecule has 0 aliphatic carbocycles. The Morgan fingerprint density at radius 1 is 1.25 bits per heavy atom. The van der Waals surface area contributed by atoms with Crippen molar-refractivity contribution in [1.29, 1.82) is 0 Å². The van der Waals surface area contributed by atoms with Crippen molar-refractivity contribution < 1.29 is 0 Å². The van der Waals surface area contributed by atoms with Crippen molar-refractivity contribution in [2.24, 2.45) is 0 Å². The quantitative estimate of drug-likeness (QED) is 0.731. The van der Waals surface area contributed by atoms with Gasteiger partial charge in [0.15, 0.2) is 0 Å². The molecule has 0 bridgehead atoms. The molecule has 1 unspecified atom stereocenters. The molecule has 0 aliphatic rings.